The molecule has 0 radical (unpaired) electrons. The highest BCUT2D eigenvalue weighted by Gasteiger charge is 2.40. The van der Waals surface area contributed by atoms with Crippen LogP contribution in [0.2, 0.25) is 10.0 Å². The third-order valence-electron chi connectivity index (χ3n) is 3.80. The maximum absolute atomic E-state index is 13.4. The van der Waals surface area contributed by atoms with Crippen molar-refractivity contribution in [2.45, 2.75) is 19.3 Å². The zero-order chi connectivity index (χ0) is 22.1. The van der Waals surface area contributed by atoms with Crippen molar-refractivity contribution in [1.29, 1.82) is 0 Å². The summed E-state index contributed by atoms with van der Waals surface area (Å²) in [5.74, 6) is -3.41. The number of pyridine rings is 1. The van der Waals surface area contributed by atoms with Crippen LogP contribution in [0.15, 0.2) is 41.3 Å². The zero-order valence-electron chi connectivity index (χ0n) is 14.8. The third-order valence-corrected chi connectivity index (χ3v) is 4.33. The van der Waals surface area contributed by atoms with Crippen LogP contribution in [-0.4, -0.2) is 25.2 Å². The van der Waals surface area contributed by atoms with Crippen molar-refractivity contribution >= 4 is 29.1 Å². The number of rotatable bonds is 5. The minimum atomic E-state index is -4.98. The van der Waals surface area contributed by atoms with Gasteiger partial charge in [0.05, 0.1) is 10.0 Å². The molecular formula is C17H11Cl2F4N5O2. The second-order valence-corrected chi connectivity index (χ2v) is 6.80. The summed E-state index contributed by atoms with van der Waals surface area (Å²) < 4.78 is 54.1. The van der Waals surface area contributed by atoms with E-state index < -0.39 is 36.0 Å². The Kier molecular flexibility index (Phi) is 6.13. The Morgan fingerprint density at radius 3 is 2.50 bits per heavy atom. The van der Waals surface area contributed by atoms with Gasteiger partial charge in [-0.1, -0.05) is 29.3 Å². The standard InChI is InChI=1S/C17H11Cl2F4N5O2/c18-10-2-4-13(24-7-10)28-15(17(21,22)23)26-27(16(28)30)8-14(29)25-6-9-1-3-11(19)12(20)5-9/h1-5,7H,6,8H2,(H,25,29). The third kappa shape index (κ3) is 4.79. The first-order valence-electron chi connectivity index (χ1n) is 8.16. The predicted molar refractivity (Wildman–Crippen MR) is 98.9 cm³/mol. The molecule has 0 saturated heterocycles. The van der Waals surface area contributed by atoms with Crippen LogP contribution in [0, 0.1) is 5.82 Å². The normalized spacial score (nSPS) is 11.5. The van der Waals surface area contributed by atoms with Crippen molar-refractivity contribution in [1.82, 2.24) is 24.6 Å². The number of hydrogen-bond donors (Lipinski definition) is 1. The number of alkyl halides is 3. The lowest BCUT2D eigenvalue weighted by atomic mass is 10.2. The van der Waals surface area contributed by atoms with Gasteiger partial charge in [0, 0.05) is 12.7 Å². The molecule has 0 spiro atoms. The molecule has 0 bridgehead atoms. The molecule has 0 aliphatic rings. The summed E-state index contributed by atoms with van der Waals surface area (Å²) in [6.07, 6.45) is -3.91. The molecule has 1 aromatic carbocycles. The summed E-state index contributed by atoms with van der Waals surface area (Å²) in [5.41, 5.74) is -0.852. The zero-order valence-corrected chi connectivity index (χ0v) is 16.3. The monoisotopic (exact) mass is 463 g/mol. The second-order valence-electron chi connectivity index (χ2n) is 5.96. The number of halogens is 6. The summed E-state index contributed by atoms with van der Waals surface area (Å²) in [4.78, 5) is 28.2. The number of nitrogens with one attached hydrogen (secondary N) is 1. The number of amides is 1. The van der Waals surface area contributed by atoms with Crippen LogP contribution in [0.4, 0.5) is 17.6 Å². The van der Waals surface area contributed by atoms with E-state index in [2.05, 4.69) is 15.4 Å². The Labute approximate surface area is 175 Å². The number of aromatic nitrogens is 4. The van der Waals surface area contributed by atoms with Gasteiger partial charge in [-0.2, -0.15) is 13.2 Å². The number of hydrogen-bond acceptors (Lipinski definition) is 4. The van der Waals surface area contributed by atoms with E-state index in [1.165, 1.54) is 18.2 Å². The van der Waals surface area contributed by atoms with Gasteiger partial charge in [0.15, 0.2) is 0 Å². The molecule has 2 aromatic heterocycles. The van der Waals surface area contributed by atoms with E-state index in [1.54, 1.807) is 0 Å². The summed E-state index contributed by atoms with van der Waals surface area (Å²) in [7, 11) is 0. The van der Waals surface area contributed by atoms with Crippen molar-refractivity contribution in [2.24, 2.45) is 0 Å². The van der Waals surface area contributed by atoms with Gasteiger partial charge in [-0.15, -0.1) is 5.10 Å². The molecule has 3 rings (SSSR count). The first kappa shape index (κ1) is 21.8. The van der Waals surface area contributed by atoms with Crippen molar-refractivity contribution in [3.05, 3.63) is 74.3 Å². The highest BCUT2D eigenvalue weighted by molar-refractivity contribution is 6.30. The predicted octanol–water partition coefficient (Wildman–Crippen LogP) is 3.21. The molecule has 0 atom stereocenters. The number of carbonyl (C=O) groups is 1. The fourth-order valence-corrected chi connectivity index (χ4v) is 2.67. The van der Waals surface area contributed by atoms with Crippen molar-refractivity contribution in [3.63, 3.8) is 0 Å². The molecule has 7 nitrogen and oxygen atoms in total. The molecule has 13 heteroatoms. The van der Waals surface area contributed by atoms with Crippen molar-refractivity contribution in [2.75, 3.05) is 0 Å². The minimum absolute atomic E-state index is 0.0994. The fourth-order valence-electron chi connectivity index (χ4n) is 2.44. The molecule has 0 aliphatic carbocycles. The maximum Gasteiger partial charge on any atom is 0.452 e. The molecule has 1 N–H and O–H groups in total. The van der Waals surface area contributed by atoms with Gasteiger partial charge in [-0.3, -0.25) is 4.79 Å². The first-order chi connectivity index (χ1) is 14.1. The lowest BCUT2D eigenvalue weighted by Crippen LogP contribution is -2.33. The lowest BCUT2D eigenvalue weighted by molar-refractivity contribution is -0.146. The van der Waals surface area contributed by atoms with E-state index in [-0.39, 0.29) is 27.0 Å². The van der Waals surface area contributed by atoms with Gasteiger partial charge in [0.25, 0.3) is 0 Å². The van der Waals surface area contributed by atoms with E-state index >= 15 is 0 Å². The van der Waals surface area contributed by atoms with Gasteiger partial charge < -0.3 is 5.32 Å². The van der Waals surface area contributed by atoms with Crippen LogP contribution in [0.5, 0.6) is 0 Å². The second kappa shape index (κ2) is 8.44. The molecule has 158 valence electrons. The fraction of sp³-hybridized carbons (Fsp3) is 0.176. The highest BCUT2D eigenvalue weighted by atomic mass is 35.5. The Balaban J connectivity index is 1.83. The van der Waals surface area contributed by atoms with Gasteiger partial charge >= 0.3 is 11.9 Å². The summed E-state index contributed by atoms with van der Waals surface area (Å²) in [6, 6.07) is 6.21. The Hall–Kier alpha value is -2.92. The van der Waals surface area contributed by atoms with E-state index in [0.29, 0.717) is 10.2 Å². The van der Waals surface area contributed by atoms with Crippen LogP contribution in [0.1, 0.15) is 11.4 Å². The van der Waals surface area contributed by atoms with E-state index in [9.17, 15) is 27.2 Å². The Bertz CT molecular complexity index is 1140. The molecule has 0 unspecified atom stereocenters. The summed E-state index contributed by atoms with van der Waals surface area (Å²) in [6.45, 7) is -0.925. The molecule has 3 aromatic rings. The first-order valence-corrected chi connectivity index (χ1v) is 8.91. The largest absolute Gasteiger partial charge is 0.452 e. The molecule has 0 aliphatic heterocycles. The number of carbonyl (C=O) groups excluding carboxylic acids is 1. The molecule has 1 amide bonds. The highest BCUT2D eigenvalue weighted by Crippen LogP contribution is 2.28. The quantitative estimate of drug-likeness (QED) is 0.589. The SMILES string of the molecule is O=C(Cn1nc(C(F)(F)F)n(-c2ccc(Cl)cn2)c1=O)NCc1ccc(Cl)c(F)c1. The summed E-state index contributed by atoms with van der Waals surface area (Å²) >= 11 is 11.2. The lowest BCUT2D eigenvalue weighted by Gasteiger charge is -2.07. The average molecular weight is 464 g/mol. The van der Waals surface area contributed by atoms with Crippen LogP contribution < -0.4 is 11.0 Å². The van der Waals surface area contributed by atoms with Crippen LogP contribution in [0.25, 0.3) is 5.82 Å². The van der Waals surface area contributed by atoms with E-state index in [0.717, 1.165) is 18.3 Å². The Morgan fingerprint density at radius 1 is 1.17 bits per heavy atom. The van der Waals surface area contributed by atoms with Gasteiger partial charge in [-0.25, -0.2) is 23.4 Å². The number of benzene rings is 1. The van der Waals surface area contributed by atoms with Gasteiger partial charge in [0.1, 0.15) is 18.2 Å². The van der Waals surface area contributed by atoms with Gasteiger partial charge in [0.2, 0.25) is 11.7 Å². The smallest absolute Gasteiger partial charge is 0.350 e. The molecule has 2 heterocycles. The molecule has 0 saturated carbocycles. The van der Waals surface area contributed by atoms with E-state index in [1.807, 2.05) is 0 Å². The van der Waals surface area contributed by atoms with Crippen molar-refractivity contribution < 1.29 is 22.4 Å². The molecule has 0 fully saturated rings. The maximum atomic E-state index is 13.4. The Morgan fingerprint density at radius 2 is 1.90 bits per heavy atom. The van der Waals surface area contributed by atoms with Crippen molar-refractivity contribution in [3.8, 4) is 5.82 Å². The average Bonchev–Trinajstić information content (AvgIpc) is 3.00. The van der Waals surface area contributed by atoms with Crippen LogP contribution in [-0.2, 0) is 24.1 Å². The van der Waals surface area contributed by atoms with Crippen LogP contribution in [0.3, 0.4) is 0 Å². The van der Waals surface area contributed by atoms with E-state index in [4.69, 9.17) is 23.2 Å². The van der Waals surface area contributed by atoms with Gasteiger partial charge in [-0.05, 0) is 29.8 Å². The minimum Gasteiger partial charge on any atom is -0.350 e. The summed E-state index contributed by atoms with van der Waals surface area (Å²) in [5, 5.41) is 5.65. The number of nitrogens with zero attached hydrogens (tertiary/aromatic N) is 4. The molecular weight excluding hydrogens is 453 g/mol. The molecule has 30 heavy (non-hydrogen) atoms. The topological polar surface area (TPSA) is 81.8 Å². The van der Waals surface area contributed by atoms with Crippen LogP contribution >= 0.6 is 23.2 Å².